The lowest BCUT2D eigenvalue weighted by Gasteiger charge is -2.27. The first-order valence-electron chi connectivity index (χ1n) is 5.64. The van der Waals surface area contributed by atoms with Gasteiger partial charge in [0.25, 0.3) is 0 Å². The molecule has 1 aliphatic carbocycles. The summed E-state index contributed by atoms with van der Waals surface area (Å²) >= 11 is 0. The number of rotatable bonds is 4. The van der Waals surface area contributed by atoms with E-state index in [1.54, 1.807) is 6.20 Å². The van der Waals surface area contributed by atoms with E-state index in [1.807, 2.05) is 12.1 Å². The summed E-state index contributed by atoms with van der Waals surface area (Å²) in [7, 11) is 0. The number of nitrogens with zero attached hydrogens (tertiary/aromatic N) is 1. The van der Waals surface area contributed by atoms with E-state index in [2.05, 4.69) is 24.1 Å². The van der Waals surface area contributed by atoms with E-state index >= 15 is 0 Å². The van der Waals surface area contributed by atoms with Crippen molar-refractivity contribution in [1.82, 2.24) is 4.98 Å². The van der Waals surface area contributed by atoms with Gasteiger partial charge in [0.2, 0.25) is 5.88 Å². The van der Waals surface area contributed by atoms with Crippen molar-refractivity contribution in [2.24, 2.45) is 0 Å². The molecule has 0 radical (unpaired) electrons. The van der Waals surface area contributed by atoms with Crippen LogP contribution >= 0.6 is 0 Å². The van der Waals surface area contributed by atoms with Gasteiger partial charge in [-0.25, -0.2) is 4.98 Å². The molecule has 1 aromatic rings. The Kier molecular flexibility index (Phi) is 3.09. The summed E-state index contributed by atoms with van der Waals surface area (Å²) in [5.74, 6) is 0.746. The molecule has 3 nitrogen and oxygen atoms in total. The first-order valence-corrected chi connectivity index (χ1v) is 5.64. The molecule has 2 rings (SSSR count). The Balaban J connectivity index is 2.06. The lowest BCUT2D eigenvalue weighted by atomic mass is 9.96. The standard InChI is InChI=1S/C12H18N2O/c1-9(2)14-11-7-4-8-13-12(11)15-10-5-3-6-10/h4,7-10,14H,3,5-6H2,1-2H3. The van der Waals surface area contributed by atoms with Crippen LogP contribution in [0.1, 0.15) is 33.1 Å². The second-order valence-electron chi connectivity index (χ2n) is 4.33. The van der Waals surface area contributed by atoms with E-state index in [4.69, 9.17) is 4.74 Å². The summed E-state index contributed by atoms with van der Waals surface area (Å²) in [4.78, 5) is 4.27. The average Bonchev–Trinajstić information content (AvgIpc) is 2.13. The van der Waals surface area contributed by atoms with Crippen LogP contribution in [0, 0.1) is 0 Å². The minimum Gasteiger partial charge on any atom is -0.473 e. The highest BCUT2D eigenvalue weighted by Crippen LogP contribution is 2.28. The maximum absolute atomic E-state index is 5.81. The molecule has 3 heteroatoms. The first-order chi connectivity index (χ1) is 7.25. The van der Waals surface area contributed by atoms with Crippen LogP contribution in [0.5, 0.6) is 5.88 Å². The van der Waals surface area contributed by atoms with Gasteiger partial charge in [-0.3, -0.25) is 0 Å². The highest BCUT2D eigenvalue weighted by Gasteiger charge is 2.20. The van der Waals surface area contributed by atoms with Gasteiger partial charge in [0, 0.05) is 12.2 Å². The second-order valence-corrected chi connectivity index (χ2v) is 4.33. The molecule has 82 valence electrons. The summed E-state index contributed by atoms with van der Waals surface area (Å²) in [6, 6.07) is 4.34. The molecule has 15 heavy (non-hydrogen) atoms. The third kappa shape index (κ3) is 2.61. The summed E-state index contributed by atoms with van der Waals surface area (Å²) in [6.07, 6.45) is 5.77. The minimum absolute atomic E-state index is 0.382. The molecule has 1 N–H and O–H groups in total. The zero-order valence-corrected chi connectivity index (χ0v) is 9.36. The Morgan fingerprint density at radius 3 is 2.87 bits per heavy atom. The van der Waals surface area contributed by atoms with E-state index < -0.39 is 0 Å². The highest BCUT2D eigenvalue weighted by molar-refractivity contribution is 5.52. The number of nitrogens with one attached hydrogen (secondary N) is 1. The summed E-state index contributed by atoms with van der Waals surface area (Å²) in [5.41, 5.74) is 0.999. The zero-order chi connectivity index (χ0) is 10.7. The van der Waals surface area contributed by atoms with Crippen molar-refractivity contribution in [3.05, 3.63) is 18.3 Å². The van der Waals surface area contributed by atoms with Gasteiger partial charge < -0.3 is 10.1 Å². The molecule has 1 fully saturated rings. The number of hydrogen-bond acceptors (Lipinski definition) is 3. The number of aromatic nitrogens is 1. The van der Waals surface area contributed by atoms with E-state index in [9.17, 15) is 0 Å². The maximum Gasteiger partial charge on any atom is 0.237 e. The number of hydrogen-bond donors (Lipinski definition) is 1. The number of pyridine rings is 1. The minimum atomic E-state index is 0.382. The molecular formula is C12H18N2O. The number of anilines is 1. The van der Waals surface area contributed by atoms with Crippen molar-refractivity contribution in [3.63, 3.8) is 0 Å². The van der Waals surface area contributed by atoms with Crippen LogP contribution in [0.25, 0.3) is 0 Å². The SMILES string of the molecule is CC(C)Nc1cccnc1OC1CCC1. The van der Waals surface area contributed by atoms with Crippen molar-refractivity contribution >= 4 is 5.69 Å². The third-order valence-corrected chi connectivity index (χ3v) is 2.55. The molecular weight excluding hydrogens is 188 g/mol. The molecule has 0 bridgehead atoms. The van der Waals surface area contributed by atoms with Crippen molar-refractivity contribution in [2.75, 3.05) is 5.32 Å². The molecule has 0 amide bonds. The average molecular weight is 206 g/mol. The fraction of sp³-hybridized carbons (Fsp3) is 0.583. The lowest BCUT2D eigenvalue weighted by Crippen LogP contribution is -2.25. The Morgan fingerprint density at radius 2 is 2.27 bits per heavy atom. The Bertz CT molecular complexity index is 321. The largest absolute Gasteiger partial charge is 0.473 e. The zero-order valence-electron chi connectivity index (χ0n) is 9.36. The van der Waals surface area contributed by atoms with Crippen molar-refractivity contribution in [2.45, 2.75) is 45.3 Å². The molecule has 1 saturated carbocycles. The van der Waals surface area contributed by atoms with Gasteiger partial charge in [0.05, 0.1) is 5.69 Å². The lowest BCUT2D eigenvalue weighted by molar-refractivity contribution is 0.115. The van der Waals surface area contributed by atoms with Crippen LogP contribution in [-0.2, 0) is 0 Å². The fourth-order valence-corrected chi connectivity index (χ4v) is 1.55. The molecule has 1 heterocycles. The van der Waals surface area contributed by atoms with Gasteiger partial charge in [-0.05, 0) is 45.2 Å². The monoisotopic (exact) mass is 206 g/mol. The Morgan fingerprint density at radius 1 is 1.47 bits per heavy atom. The normalized spacial score (nSPS) is 16.2. The maximum atomic E-state index is 5.81. The predicted octanol–water partition coefficient (Wildman–Crippen LogP) is 2.83. The van der Waals surface area contributed by atoms with Gasteiger partial charge in [0.1, 0.15) is 6.10 Å². The molecule has 0 unspecified atom stereocenters. The molecule has 0 atom stereocenters. The molecule has 1 aromatic heterocycles. The summed E-state index contributed by atoms with van der Waals surface area (Å²) in [6.45, 7) is 4.22. The van der Waals surface area contributed by atoms with Gasteiger partial charge in [-0.2, -0.15) is 0 Å². The Labute approximate surface area is 90.9 Å². The molecule has 0 spiro atoms. The van der Waals surface area contributed by atoms with Crippen molar-refractivity contribution in [3.8, 4) is 5.88 Å². The smallest absolute Gasteiger partial charge is 0.237 e. The number of ether oxygens (including phenoxy) is 1. The van der Waals surface area contributed by atoms with E-state index in [1.165, 1.54) is 6.42 Å². The second kappa shape index (κ2) is 4.51. The quantitative estimate of drug-likeness (QED) is 0.822. The summed E-state index contributed by atoms with van der Waals surface area (Å²) in [5, 5.41) is 3.34. The van der Waals surface area contributed by atoms with Gasteiger partial charge in [-0.15, -0.1) is 0 Å². The van der Waals surface area contributed by atoms with Crippen molar-refractivity contribution < 1.29 is 4.74 Å². The Hall–Kier alpha value is -1.25. The van der Waals surface area contributed by atoms with Crippen molar-refractivity contribution in [1.29, 1.82) is 0 Å². The van der Waals surface area contributed by atoms with E-state index in [0.29, 0.717) is 12.1 Å². The summed E-state index contributed by atoms with van der Waals surface area (Å²) < 4.78 is 5.81. The van der Waals surface area contributed by atoms with Gasteiger partial charge in [-0.1, -0.05) is 0 Å². The first kappa shape index (κ1) is 10.3. The molecule has 0 aromatic carbocycles. The molecule has 0 aliphatic heterocycles. The van der Waals surface area contributed by atoms with Crippen LogP contribution in [0.15, 0.2) is 18.3 Å². The van der Waals surface area contributed by atoms with E-state index in [-0.39, 0.29) is 0 Å². The van der Waals surface area contributed by atoms with Crippen LogP contribution in [0.4, 0.5) is 5.69 Å². The fourth-order valence-electron chi connectivity index (χ4n) is 1.55. The predicted molar refractivity (Wildman–Crippen MR) is 61.3 cm³/mol. The van der Waals surface area contributed by atoms with Crippen LogP contribution in [-0.4, -0.2) is 17.1 Å². The van der Waals surface area contributed by atoms with Gasteiger partial charge in [0.15, 0.2) is 0 Å². The highest BCUT2D eigenvalue weighted by atomic mass is 16.5. The topological polar surface area (TPSA) is 34.2 Å². The van der Waals surface area contributed by atoms with Crippen LogP contribution in [0.3, 0.4) is 0 Å². The molecule has 1 aliphatic rings. The van der Waals surface area contributed by atoms with Crippen LogP contribution in [0.2, 0.25) is 0 Å². The van der Waals surface area contributed by atoms with Crippen LogP contribution < -0.4 is 10.1 Å². The van der Waals surface area contributed by atoms with E-state index in [0.717, 1.165) is 24.4 Å². The van der Waals surface area contributed by atoms with Gasteiger partial charge >= 0.3 is 0 Å². The third-order valence-electron chi connectivity index (χ3n) is 2.55. The molecule has 0 saturated heterocycles.